The fourth-order valence-electron chi connectivity index (χ4n) is 3.66. The number of fused-ring (bicyclic) bond motifs is 1. The van der Waals surface area contributed by atoms with E-state index in [1.54, 1.807) is 17.5 Å². The van der Waals surface area contributed by atoms with E-state index < -0.39 is 0 Å². The van der Waals surface area contributed by atoms with Gasteiger partial charge in [0.1, 0.15) is 0 Å². The lowest BCUT2D eigenvalue weighted by molar-refractivity contribution is 0.0927. The number of amides is 1. The predicted octanol–water partition coefficient (Wildman–Crippen LogP) is 3.61. The van der Waals surface area contributed by atoms with Gasteiger partial charge in [-0.15, -0.1) is 11.3 Å². The molecular weight excluding hydrogens is 358 g/mol. The van der Waals surface area contributed by atoms with Gasteiger partial charge in [-0.3, -0.25) is 4.79 Å². The van der Waals surface area contributed by atoms with Crippen LogP contribution in [-0.4, -0.2) is 39.3 Å². The summed E-state index contributed by atoms with van der Waals surface area (Å²) in [5, 5.41) is 14.0. The third-order valence-corrected chi connectivity index (χ3v) is 5.93. The third-order valence-electron chi connectivity index (χ3n) is 5.03. The topological polar surface area (TPSA) is 71.8 Å². The van der Waals surface area contributed by atoms with Gasteiger partial charge >= 0.3 is 0 Å². The number of rotatable bonds is 4. The molecule has 1 saturated heterocycles. The normalized spacial score (nSPS) is 20.3. The van der Waals surface area contributed by atoms with Crippen LogP contribution in [0.5, 0.6) is 0 Å². The van der Waals surface area contributed by atoms with Gasteiger partial charge in [-0.2, -0.15) is 5.10 Å². The van der Waals surface area contributed by atoms with Crippen molar-refractivity contribution < 1.29 is 4.79 Å². The van der Waals surface area contributed by atoms with Gasteiger partial charge in [0.15, 0.2) is 5.65 Å². The highest BCUT2D eigenvalue weighted by atomic mass is 32.1. The summed E-state index contributed by atoms with van der Waals surface area (Å²) in [7, 11) is 0. The summed E-state index contributed by atoms with van der Waals surface area (Å²) >= 11 is 1.63. The molecule has 1 fully saturated rings. The van der Waals surface area contributed by atoms with Gasteiger partial charge in [-0.1, -0.05) is 6.07 Å². The molecule has 7 heteroatoms. The maximum Gasteiger partial charge on any atom is 0.252 e. The lowest BCUT2D eigenvalue weighted by Crippen LogP contribution is -2.46. The maximum absolute atomic E-state index is 13.1. The minimum Gasteiger partial charge on any atom is -0.349 e. The smallest absolute Gasteiger partial charge is 0.252 e. The summed E-state index contributed by atoms with van der Waals surface area (Å²) < 4.78 is 1.88. The first-order valence-electron chi connectivity index (χ1n) is 9.49. The summed E-state index contributed by atoms with van der Waals surface area (Å²) in [6.45, 7) is 7.23. The molecule has 1 aliphatic rings. The first kappa shape index (κ1) is 18.1. The number of pyridine rings is 1. The van der Waals surface area contributed by atoms with Crippen LogP contribution in [0, 0.1) is 0 Å². The van der Waals surface area contributed by atoms with Crippen LogP contribution in [0.2, 0.25) is 0 Å². The third kappa shape index (κ3) is 3.61. The van der Waals surface area contributed by atoms with Crippen molar-refractivity contribution in [1.82, 2.24) is 25.4 Å². The first-order chi connectivity index (χ1) is 13.0. The van der Waals surface area contributed by atoms with Crippen LogP contribution < -0.4 is 10.6 Å². The lowest BCUT2D eigenvalue weighted by Gasteiger charge is -2.28. The van der Waals surface area contributed by atoms with Crippen molar-refractivity contribution in [3.05, 3.63) is 35.3 Å². The van der Waals surface area contributed by atoms with E-state index in [0.717, 1.165) is 41.0 Å². The number of nitrogens with zero attached hydrogens (tertiary/aromatic N) is 3. The average molecular weight is 384 g/mol. The van der Waals surface area contributed by atoms with E-state index in [9.17, 15) is 4.79 Å². The van der Waals surface area contributed by atoms with Gasteiger partial charge in [0.05, 0.1) is 27.7 Å². The number of hydrogen-bond acceptors (Lipinski definition) is 5. The molecule has 142 valence electrons. The van der Waals surface area contributed by atoms with Crippen molar-refractivity contribution in [2.75, 3.05) is 6.54 Å². The van der Waals surface area contributed by atoms with Crippen LogP contribution in [0.15, 0.2) is 29.8 Å². The minimum absolute atomic E-state index is 0.0392. The molecule has 0 saturated carbocycles. The summed E-state index contributed by atoms with van der Waals surface area (Å²) in [6.07, 6.45) is 3.66. The first-order valence-corrected chi connectivity index (χ1v) is 10.4. The van der Waals surface area contributed by atoms with Crippen LogP contribution >= 0.6 is 11.3 Å². The fourth-order valence-corrected chi connectivity index (χ4v) is 4.35. The maximum atomic E-state index is 13.1. The molecule has 4 heterocycles. The highest BCUT2D eigenvalue weighted by Crippen LogP contribution is 2.29. The van der Waals surface area contributed by atoms with E-state index in [2.05, 4.69) is 36.5 Å². The van der Waals surface area contributed by atoms with Crippen molar-refractivity contribution in [3.8, 4) is 10.6 Å². The Kier molecular flexibility index (Phi) is 4.97. The summed E-state index contributed by atoms with van der Waals surface area (Å²) in [4.78, 5) is 19.0. The molecule has 1 amide bonds. The molecule has 0 spiro atoms. The molecule has 0 aliphatic carbocycles. The second kappa shape index (κ2) is 7.40. The molecular formula is C20H25N5OS. The Bertz CT molecular complexity index is 947. The summed E-state index contributed by atoms with van der Waals surface area (Å²) in [6, 6.07) is 6.73. The molecule has 0 aromatic carbocycles. The SMILES string of the molecule is CC1CC(NC(=O)c2cc(-c3cccs3)nc3c2cnn3C(C)C)CCN1. The summed E-state index contributed by atoms with van der Waals surface area (Å²) in [5.74, 6) is -0.0392. The molecule has 27 heavy (non-hydrogen) atoms. The molecule has 2 atom stereocenters. The molecule has 3 aromatic rings. The van der Waals surface area contributed by atoms with Crippen LogP contribution in [0.25, 0.3) is 21.6 Å². The monoisotopic (exact) mass is 383 g/mol. The zero-order chi connectivity index (χ0) is 19.0. The highest BCUT2D eigenvalue weighted by molar-refractivity contribution is 7.13. The van der Waals surface area contributed by atoms with E-state index in [1.807, 2.05) is 28.3 Å². The Balaban J connectivity index is 1.75. The molecule has 6 nitrogen and oxygen atoms in total. The van der Waals surface area contributed by atoms with E-state index in [-0.39, 0.29) is 18.0 Å². The quantitative estimate of drug-likeness (QED) is 0.722. The molecule has 3 aromatic heterocycles. The van der Waals surface area contributed by atoms with Crippen LogP contribution in [0.1, 0.15) is 50.0 Å². The van der Waals surface area contributed by atoms with Gasteiger partial charge in [0.2, 0.25) is 0 Å². The Morgan fingerprint density at radius 1 is 1.44 bits per heavy atom. The van der Waals surface area contributed by atoms with Crippen LogP contribution in [-0.2, 0) is 0 Å². The number of carbonyl (C=O) groups excluding carboxylic acids is 1. The van der Waals surface area contributed by atoms with Crippen molar-refractivity contribution in [2.24, 2.45) is 0 Å². The number of nitrogens with one attached hydrogen (secondary N) is 2. The van der Waals surface area contributed by atoms with E-state index in [0.29, 0.717) is 11.6 Å². The Hall–Kier alpha value is -2.25. The van der Waals surface area contributed by atoms with E-state index in [4.69, 9.17) is 4.98 Å². The van der Waals surface area contributed by atoms with Gasteiger partial charge < -0.3 is 10.6 Å². The van der Waals surface area contributed by atoms with Crippen molar-refractivity contribution in [3.63, 3.8) is 0 Å². The van der Waals surface area contributed by atoms with Gasteiger partial charge in [-0.25, -0.2) is 9.67 Å². The number of thiophene rings is 1. The molecule has 1 aliphatic heterocycles. The molecule has 2 N–H and O–H groups in total. The van der Waals surface area contributed by atoms with Crippen LogP contribution in [0.3, 0.4) is 0 Å². The van der Waals surface area contributed by atoms with Crippen molar-refractivity contribution in [2.45, 2.75) is 51.7 Å². The molecule has 4 rings (SSSR count). The number of aromatic nitrogens is 3. The zero-order valence-electron chi connectivity index (χ0n) is 15.9. The minimum atomic E-state index is -0.0392. The van der Waals surface area contributed by atoms with Gasteiger partial charge in [0.25, 0.3) is 5.91 Å². The second-order valence-corrected chi connectivity index (χ2v) is 8.45. The molecule has 0 radical (unpaired) electrons. The Morgan fingerprint density at radius 3 is 3.00 bits per heavy atom. The lowest BCUT2D eigenvalue weighted by atomic mass is 10.00. The van der Waals surface area contributed by atoms with Crippen LogP contribution in [0.4, 0.5) is 0 Å². The van der Waals surface area contributed by atoms with Crippen molar-refractivity contribution >= 4 is 28.3 Å². The average Bonchev–Trinajstić information content (AvgIpc) is 3.30. The van der Waals surface area contributed by atoms with Gasteiger partial charge in [0, 0.05) is 18.1 Å². The molecule has 2 unspecified atom stereocenters. The standard InChI is InChI=1S/C20H25N5OS/c1-12(2)25-19-16(11-22-25)15(10-17(24-19)18-5-4-8-27-18)20(26)23-14-6-7-21-13(3)9-14/h4-5,8,10-14,21H,6-7,9H2,1-3H3,(H,23,26). The van der Waals surface area contributed by atoms with E-state index >= 15 is 0 Å². The zero-order valence-corrected chi connectivity index (χ0v) is 16.7. The predicted molar refractivity (Wildman–Crippen MR) is 109 cm³/mol. The molecule has 0 bridgehead atoms. The highest BCUT2D eigenvalue weighted by Gasteiger charge is 2.23. The number of piperidine rings is 1. The Morgan fingerprint density at radius 2 is 2.30 bits per heavy atom. The number of hydrogen-bond donors (Lipinski definition) is 2. The summed E-state index contributed by atoms with van der Waals surface area (Å²) in [5.41, 5.74) is 2.24. The largest absolute Gasteiger partial charge is 0.349 e. The van der Waals surface area contributed by atoms with E-state index in [1.165, 1.54) is 0 Å². The number of carbonyl (C=O) groups is 1. The second-order valence-electron chi connectivity index (χ2n) is 7.50. The Labute approximate surface area is 163 Å². The van der Waals surface area contributed by atoms with Crippen molar-refractivity contribution in [1.29, 1.82) is 0 Å². The fraction of sp³-hybridized carbons (Fsp3) is 0.450. The van der Waals surface area contributed by atoms with Gasteiger partial charge in [-0.05, 0) is 57.7 Å².